The first-order valence-corrected chi connectivity index (χ1v) is 31.6. The van der Waals surface area contributed by atoms with Gasteiger partial charge in [0.1, 0.15) is 36.3 Å². The van der Waals surface area contributed by atoms with Gasteiger partial charge in [0, 0.05) is 53.5 Å². The minimum atomic E-state index is -1.02. The fourth-order valence-corrected chi connectivity index (χ4v) is 11.1. The molecule has 7 aromatic rings. The number of Topliss-reactive ketones (excluding diaryl/α,β-unsaturated/α-hetero) is 1. The number of carboxylic acid groups (broad SMARTS) is 1. The standard InChI is InChI=1S/C24H25ClFN5O4.C14H18ClFN2O2.C10H9Cl2FO.C10H9N3O3.C5H11NO.CH2O3.2K.H/c25-16-7-3-5-14(22(16)26)11-28-20(33)12-30(18-9-4-10-19(18)32)21(34)13-31-17-8-2-1-6-15(17)23(29-31)24(27)35;15-10-4-1-3-9(14(10)16)7-18-13(20)8-17-11-5-2-6-12(11)19;11-6-8(14)5-4-7-2-1-3-9(12)10(7)13;11-10(16)9-6-3-1-2-4-7(6)13(12-9)5-8(14)15;6-4-2-1-3-5(4)7;2-1-4-3;;;/h1-3,5-8,18-19,32H,4,9-13H2,(H2,27,35)(H,28,33);1,3-4,11-12,17,19H,2,5-8H2,(H,18,20);1-3H,4-6H2;1-4H,5H2,(H2,11,16)(H,14,15);4-5,7H,1-3,6H2;1,3H;;;/q;;;;;;2*+1;-1/p-1. The normalized spacial score (nSPS) is 17.1. The van der Waals surface area contributed by atoms with Crippen molar-refractivity contribution in [3.05, 3.63) is 164 Å². The average Bonchev–Trinajstić information content (AvgIpc) is 1.65. The zero-order valence-electron chi connectivity index (χ0n) is 54.6. The van der Waals surface area contributed by atoms with Crippen LogP contribution in [0, 0.1) is 17.5 Å². The number of nitrogens with zero attached hydrogens (tertiary/aromatic N) is 5. The molecule has 3 aliphatic rings. The number of aliphatic carboxylic acids is 1. The van der Waals surface area contributed by atoms with Crippen molar-refractivity contribution in [2.24, 2.45) is 17.2 Å². The molecule has 2 aromatic heterocycles. The number of hydrogen-bond acceptors (Lipinski definition) is 17. The molecular formula is C64H74Cl4F3K2N11O14. The van der Waals surface area contributed by atoms with Crippen LogP contribution in [-0.2, 0) is 66.3 Å². The summed E-state index contributed by atoms with van der Waals surface area (Å²) in [4.78, 5) is 94.7. The first-order chi connectivity index (χ1) is 45.8. The van der Waals surface area contributed by atoms with Gasteiger partial charge in [0.05, 0.1) is 69.4 Å². The number of benzene rings is 5. The number of alkyl halides is 1. The Morgan fingerprint density at radius 2 is 1.09 bits per heavy atom. The molecule has 0 saturated heterocycles. The number of carbonyl (C=O) groups excluding carboxylic acids is 7. The maximum absolute atomic E-state index is 14.1. The number of amides is 5. The molecule has 3 aliphatic carbocycles. The predicted molar refractivity (Wildman–Crippen MR) is 349 cm³/mol. The molecule has 10 rings (SSSR count). The smallest absolute Gasteiger partial charge is 1.00 e. The summed E-state index contributed by atoms with van der Waals surface area (Å²) >= 11 is 22.4. The van der Waals surface area contributed by atoms with E-state index < -0.39 is 59.2 Å². The van der Waals surface area contributed by atoms with Gasteiger partial charge >= 0.3 is 109 Å². The summed E-state index contributed by atoms with van der Waals surface area (Å²) in [6.07, 6.45) is 6.61. The molecule has 5 aromatic carbocycles. The molecule has 6 unspecified atom stereocenters. The molecule has 0 bridgehead atoms. The molecule has 2 heterocycles. The Morgan fingerprint density at radius 1 is 0.643 bits per heavy atom. The third-order valence-corrected chi connectivity index (χ3v) is 16.4. The van der Waals surface area contributed by atoms with Crippen LogP contribution in [0.5, 0.6) is 0 Å². The first-order valence-electron chi connectivity index (χ1n) is 30.0. The van der Waals surface area contributed by atoms with E-state index in [1.54, 1.807) is 78.9 Å². The van der Waals surface area contributed by atoms with Gasteiger partial charge in [0.2, 0.25) is 17.7 Å². The Labute approximate surface area is 668 Å². The third kappa shape index (κ3) is 27.4. The van der Waals surface area contributed by atoms with Crippen LogP contribution >= 0.6 is 46.4 Å². The largest absolute Gasteiger partial charge is 1.00 e. The van der Waals surface area contributed by atoms with Crippen LogP contribution in [0.15, 0.2) is 103 Å². The second-order valence-electron chi connectivity index (χ2n) is 22.0. The third-order valence-electron chi connectivity index (χ3n) is 15.3. The molecule has 0 spiro atoms. The molecule has 98 heavy (non-hydrogen) atoms. The maximum atomic E-state index is 14.1. The summed E-state index contributed by atoms with van der Waals surface area (Å²) in [5.41, 5.74) is 18.3. The van der Waals surface area contributed by atoms with Crippen LogP contribution < -0.4 is 141 Å². The van der Waals surface area contributed by atoms with Crippen molar-refractivity contribution in [1.82, 2.24) is 40.4 Å². The van der Waals surface area contributed by atoms with E-state index >= 15 is 0 Å². The van der Waals surface area contributed by atoms with Gasteiger partial charge in [-0.2, -0.15) is 10.2 Å². The molecule has 520 valence electrons. The van der Waals surface area contributed by atoms with Gasteiger partial charge in [-0.25, -0.2) is 13.2 Å². The second kappa shape index (κ2) is 45.1. The van der Waals surface area contributed by atoms with Crippen LogP contribution in [0.25, 0.3) is 21.8 Å². The van der Waals surface area contributed by atoms with Crippen LogP contribution in [0.1, 0.15) is 103 Å². The van der Waals surface area contributed by atoms with Gasteiger partial charge in [-0.15, -0.1) is 11.6 Å². The number of nitrogens with one attached hydrogen (secondary N) is 3. The molecule has 6 atom stereocenters. The van der Waals surface area contributed by atoms with Crippen molar-refractivity contribution < 1.29 is 186 Å². The number of aromatic nitrogens is 4. The Morgan fingerprint density at radius 3 is 1.51 bits per heavy atom. The number of carboxylic acids is 1. The molecule has 5 amide bonds. The van der Waals surface area contributed by atoms with Gasteiger partial charge in [0.25, 0.3) is 18.3 Å². The van der Waals surface area contributed by atoms with E-state index in [1.165, 1.54) is 38.5 Å². The van der Waals surface area contributed by atoms with E-state index in [2.05, 4.69) is 31.0 Å². The Bertz CT molecular complexity index is 3810. The number of primary amides is 2. The molecule has 25 nitrogen and oxygen atoms in total. The number of fused-ring (bicyclic) bond motifs is 2. The number of hydrogen-bond donors (Lipinski definition) is 10. The van der Waals surface area contributed by atoms with Crippen molar-refractivity contribution in [2.75, 3.05) is 19.0 Å². The monoisotopic (exact) mass is 1500 g/mol. The maximum Gasteiger partial charge on any atom is 1.00 e. The summed E-state index contributed by atoms with van der Waals surface area (Å²) < 4.78 is 43.6. The fraction of sp³-hybridized carbons (Fsp3) is 0.375. The topological polar surface area (TPSA) is 403 Å². The number of halogens is 7. The zero-order chi connectivity index (χ0) is 70.6. The average molecular weight is 1500 g/mol. The van der Waals surface area contributed by atoms with Crippen LogP contribution in [0.2, 0.25) is 15.1 Å². The number of aliphatic hydroxyl groups excluding tert-OH is 3. The summed E-state index contributed by atoms with van der Waals surface area (Å²) in [6.45, 7) is -0.956. The van der Waals surface area contributed by atoms with E-state index in [0.29, 0.717) is 58.6 Å². The van der Waals surface area contributed by atoms with Crippen LogP contribution in [0.3, 0.4) is 0 Å². The van der Waals surface area contributed by atoms with Gasteiger partial charge in [-0.05, 0) is 100 Å². The number of aliphatic hydroxyl groups is 3. The van der Waals surface area contributed by atoms with Gasteiger partial charge < -0.3 is 70.0 Å². The molecule has 34 heteroatoms. The minimum absolute atomic E-state index is 0. The Hall–Kier alpha value is -5.02. The fourth-order valence-electron chi connectivity index (χ4n) is 10.4. The SMILES string of the molecule is NC(=O)c1nn(CC(=O)N(CC(=O)NCc2cccc(Cl)c2F)C2CCCC2O)c2ccccc12.NC(=O)c1nn(CC(=O)O)c2ccccc12.NC1CCCC1O.O=C(CCl)CCc1cccc(Cl)c1F.O=C(CNC1CCCC1O)NCc1cccc(Cl)c1F.O=CO[O-].[H-].[K+].[K+]. The Kier molecular flexibility index (Phi) is 40.1. The van der Waals surface area contributed by atoms with Gasteiger partial charge in [-0.1, -0.05) is 108 Å². The van der Waals surface area contributed by atoms with Crippen LogP contribution in [0.4, 0.5) is 13.2 Å². The number of para-hydroxylation sites is 2. The number of rotatable bonds is 21. The molecule has 3 fully saturated rings. The van der Waals surface area contributed by atoms with E-state index in [1.807, 2.05) is 0 Å². The van der Waals surface area contributed by atoms with Crippen molar-refractivity contribution in [3.63, 3.8) is 0 Å². The number of nitrogens with two attached hydrogens (primary N) is 3. The summed E-state index contributed by atoms with van der Waals surface area (Å²) in [6, 6.07) is 27.1. The number of ketones is 1. The van der Waals surface area contributed by atoms with Gasteiger partial charge in [-0.3, -0.25) is 47.7 Å². The van der Waals surface area contributed by atoms with E-state index in [9.17, 15) is 56.9 Å². The first kappa shape index (κ1) is 87.2. The molecule has 13 N–H and O–H groups in total. The van der Waals surface area contributed by atoms with Crippen LogP contribution in [-0.4, -0.2) is 148 Å². The summed E-state index contributed by atoms with van der Waals surface area (Å²) in [5.74, 6) is -5.30. The minimum Gasteiger partial charge on any atom is -1.00 e. The molecule has 3 saturated carbocycles. The predicted octanol–water partition coefficient (Wildman–Crippen LogP) is -0.562. The van der Waals surface area contributed by atoms with Crippen molar-refractivity contribution in [2.45, 2.75) is 133 Å². The second-order valence-corrected chi connectivity index (χ2v) is 23.4. The number of carbonyl (C=O) groups is 8. The molecule has 0 radical (unpaired) electrons. The van der Waals surface area contributed by atoms with E-state index in [4.69, 9.17) is 83.9 Å². The van der Waals surface area contributed by atoms with Crippen molar-refractivity contribution >= 4 is 116 Å². The van der Waals surface area contributed by atoms with E-state index in [0.717, 1.165) is 38.5 Å². The molecule has 0 aliphatic heterocycles. The van der Waals surface area contributed by atoms with E-state index in [-0.39, 0.29) is 230 Å². The van der Waals surface area contributed by atoms with Gasteiger partial charge in [0.15, 0.2) is 11.4 Å². The number of aryl methyl sites for hydroxylation is 1. The van der Waals surface area contributed by atoms with Crippen molar-refractivity contribution in [1.29, 1.82) is 0 Å². The van der Waals surface area contributed by atoms with Crippen molar-refractivity contribution in [3.8, 4) is 0 Å². The Balaban J connectivity index is 0.000000446. The zero-order valence-corrected chi connectivity index (χ0v) is 62.8. The summed E-state index contributed by atoms with van der Waals surface area (Å²) in [7, 11) is 0. The quantitative estimate of drug-likeness (QED) is 0.0142. The summed E-state index contributed by atoms with van der Waals surface area (Å²) in [5, 5.41) is 63.6. The molecular weight excluding hydrogens is 1420 g/mol.